The van der Waals surface area contributed by atoms with E-state index in [0.29, 0.717) is 0 Å². The summed E-state index contributed by atoms with van der Waals surface area (Å²) in [5.74, 6) is 0.0641. The molecular weight excluding hydrogens is 312 g/mol. The first-order chi connectivity index (χ1) is 12.0. The van der Waals surface area contributed by atoms with E-state index in [0.717, 1.165) is 30.9 Å². The lowest BCUT2D eigenvalue weighted by molar-refractivity contribution is -0.128. The number of carbonyl (C=O) groups excluding carboxylic acids is 1. The van der Waals surface area contributed by atoms with Crippen LogP contribution in [0.15, 0.2) is 36.7 Å². The van der Waals surface area contributed by atoms with Crippen molar-refractivity contribution in [1.29, 1.82) is 0 Å². The Kier molecular flexibility index (Phi) is 5.23. The number of benzene rings is 1. The largest absolute Gasteiger partial charge is 0.352 e. The van der Waals surface area contributed by atoms with Gasteiger partial charge in [-0.15, -0.1) is 0 Å². The lowest BCUT2D eigenvalue weighted by atomic mass is 9.99. The molecule has 5 heteroatoms. The van der Waals surface area contributed by atoms with Gasteiger partial charge < -0.3 is 9.88 Å². The highest BCUT2D eigenvalue weighted by Gasteiger charge is 2.37. The van der Waals surface area contributed by atoms with E-state index >= 15 is 0 Å². The third-order valence-corrected chi connectivity index (χ3v) is 4.64. The predicted molar refractivity (Wildman–Crippen MR) is 99.2 cm³/mol. The molecule has 1 aliphatic heterocycles. The van der Waals surface area contributed by atoms with Gasteiger partial charge in [-0.1, -0.05) is 30.3 Å². The first-order valence-corrected chi connectivity index (χ1v) is 9.11. The van der Waals surface area contributed by atoms with Crippen molar-refractivity contribution in [3.63, 3.8) is 0 Å². The van der Waals surface area contributed by atoms with E-state index in [1.807, 2.05) is 38.4 Å². The third-order valence-electron chi connectivity index (χ3n) is 4.64. The van der Waals surface area contributed by atoms with Gasteiger partial charge in [0.1, 0.15) is 6.04 Å². The van der Waals surface area contributed by atoms with E-state index in [1.165, 1.54) is 5.56 Å². The molecule has 1 N–H and O–H groups in total. The van der Waals surface area contributed by atoms with Crippen molar-refractivity contribution < 1.29 is 4.79 Å². The second-order valence-corrected chi connectivity index (χ2v) is 7.35. The Morgan fingerprint density at radius 3 is 2.60 bits per heavy atom. The minimum Gasteiger partial charge on any atom is -0.352 e. The molecule has 5 nitrogen and oxygen atoms in total. The highest BCUT2D eigenvalue weighted by atomic mass is 16.2. The van der Waals surface area contributed by atoms with E-state index in [1.54, 1.807) is 0 Å². The summed E-state index contributed by atoms with van der Waals surface area (Å²) in [6.07, 6.45) is 2.77. The zero-order chi connectivity index (χ0) is 18.0. The van der Waals surface area contributed by atoms with Crippen molar-refractivity contribution in [2.75, 3.05) is 6.54 Å². The van der Waals surface area contributed by atoms with Crippen LogP contribution >= 0.6 is 0 Å². The number of rotatable bonds is 5. The zero-order valence-corrected chi connectivity index (χ0v) is 15.6. The molecule has 1 unspecified atom stereocenters. The van der Waals surface area contributed by atoms with Gasteiger partial charge in [-0.25, -0.2) is 4.98 Å². The maximum atomic E-state index is 13.1. The standard InChI is InChI=1S/C20H28N4O/c1-14(2)22-20(25)19-18-17(21-13-24(18)15(3)4)10-11-23(19)12-16-8-6-5-7-9-16/h5-9,13-15,19H,10-12H2,1-4H3,(H,22,25). The minimum absolute atomic E-state index is 0.0641. The summed E-state index contributed by atoms with van der Waals surface area (Å²) in [4.78, 5) is 19.9. The van der Waals surface area contributed by atoms with Gasteiger partial charge in [-0.2, -0.15) is 0 Å². The molecule has 2 heterocycles. The van der Waals surface area contributed by atoms with E-state index in [9.17, 15) is 4.79 Å². The topological polar surface area (TPSA) is 50.2 Å². The second kappa shape index (κ2) is 7.40. The Labute approximate surface area is 150 Å². The average Bonchev–Trinajstić information content (AvgIpc) is 2.99. The fourth-order valence-electron chi connectivity index (χ4n) is 3.51. The van der Waals surface area contributed by atoms with Crippen LogP contribution in [0.2, 0.25) is 0 Å². The van der Waals surface area contributed by atoms with Crippen LogP contribution in [-0.4, -0.2) is 32.9 Å². The van der Waals surface area contributed by atoms with Crippen molar-refractivity contribution in [3.05, 3.63) is 53.6 Å². The Bertz CT molecular complexity index is 721. The summed E-state index contributed by atoms with van der Waals surface area (Å²) in [6.45, 7) is 9.88. The fourth-order valence-corrected chi connectivity index (χ4v) is 3.51. The predicted octanol–water partition coefficient (Wildman–Crippen LogP) is 3.09. The number of aromatic nitrogens is 2. The molecule has 1 aromatic carbocycles. The summed E-state index contributed by atoms with van der Waals surface area (Å²) in [6, 6.07) is 10.5. The van der Waals surface area contributed by atoms with E-state index in [-0.39, 0.29) is 24.0 Å². The molecule has 25 heavy (non-hydrogen) atoms. The molecule has 0 aliphatic carbocycles. The van der Waals surface area contributed by atoms with Gasteiger partial charge in [0.15, 0.2) is 0 Å². The van der Waals surface area contributed by atoms with Crippen LogP contribution in [-0.2, 0) is 17.8 Å². The van der Waals surface area contributed by atoms with E-state index in [4.69, 9.17) is 0 Å². The van der Waals surface area contributed by atoms with Gasteiger partial charge >= 0.3 is 0 Å². The van der Waals surface area contributed by atoms with E-state index in [2.05, 4.69) is 45.7 Å². The molecule has 0 bridgehead atoms. The average molecular weight is 340 g/mol. The molecule has 1 amide bonds. The molecule has 0 saturated heterocycles. The van der Waals surface area contributed by atoms with Crippen LogP contribution in [0.25, 0.3) is 0 Å². The van der Waals surface area contributed by atoms with Gasteiger partial charge in [0, 0.05) is 31.6 Å². The number of amides is 1. The normalized spacial score (nSPS) is 17.8. The number of hydrogen-bond donors (Lipinski definition) is 1. The molecular formula is C20H28N4O. The number of imidazole rings is 1. The van der Waals surface area contributed by atoms with Crippen molar-refractivity contribution in [2.24, 2.45) is 0 Å². The quantitative estimate of drug-likeness (QED) is 0.910. The highest BCUT2D eigenvalue weighted by molar-refractivity contribution is 5.83. The Morgan fingerprint density at radius 2 is 1.96 bits per heavy atom. The van der Waals surface area contributed by atoms with Crippen LogP contribution in [0.4, 0.5) is 0 Å². The number of fused-ring (bicyclic) bond motifs is 1. The summed E-state index contributed by atoms with van der Waals surface area (Å²) in [7, 11) is 0. The Morgan fingerprint density at radius 1 is 1.24 bits per heavy atom. The van der Waals surface area contributed by atoms with Crippen LogP contribution < -0.4 is 5.32 Å². The molecule has 1 aliphatic rings. The Hall–Kier alpha value is -2.14. The number of nitrogens with zero attached hydrogens (tertiary/aromatic N) is 3. The number of carbonyl (C=O) groups is 1. The van der Waals surface area contributed by atoms with Gasteiger partial charge in [0.2, 0.25) is 5.91 Å². The summed E-state index contributed by atoms with van der Waals surface area (Å²) in [5.41, 5.74) is 3.33. The third kappa shape index (κ3) is 3.76. The van der Waals surface area contributed by atoms with E-state index < -0.39 is 0 Å². The van der Waals surface area contributed by atoms with Gasteiger partial charge in [0.25, 0.3) is 0 Å². The summed E-state index contributed by atoms with van der Waals surface area (Å²) >= 11 is 0. The van der Waals surface area contributed by atoms with Gasteiger partial charge in [0.05, 0.1) is 17.7 Å². The molecule has 0 spiro atoms. The molecule has 0 fully saturated rings. The van der Waals surface area contributed by atoms with Crippen molar-refractivity contribution in [3.8, 4) is 0 Å². The first-order valence-electron chi connectivity index (χ1n) is 9.11. The molecule has 134 valence electrons. The maximum Gasteiger partial charge on any atom is 0.243 e. The van der Waals surface area contributed by atoms with Crippen molar-refractivity contribution in [2.45, 2.75) is 58.8 Å². The smallest absolute Gasteiger partial charge is 0.243 e. The summed E-state index contributed by atoms with van der Waals surface area (Å²) < 4.78 is 2.15. The van der Waals surface area contributed by atoms with Gasteiger partial charge in [-0.05, 0) is 33.3 Å². The first kappa shape index (κ1) is 17.7. The van der Waals surface area contributed by atoms with Crippen molar-refractivity contribution in [1.82, 2.24) is 19.8 Å². The molecule has 2 aromatic rings. The minimum atomic E-state index is -0.295. The zero-order valence-electron chi connectivity index (χ0n) is 15.6. The summed E-state index contributed by atoms with van der Waals surface area (Å²) in [5, 5.41) is 3.10. The molecule has 0 saturated carbocycles. The van der Waals surface area contributed by atoms with Crippen LogP contribution in [0.5, 0.6) is 0 Å². The SMILES string of the molecule is CC(C)NC(=O)C1c2c(ncn2C(C)C)CCN1Cc1ccccc1. The molecule has 0 radical (unpaired) electrons. The maximum absolute atomic E-state index is 13.1. The number of hydrogen-bond acceptors (Lipinski definition) is 3. The monoisotopic (exact) mass is 340 g/mol. The fraction of sp³-hybridized carbons (Fsp3) is 0.500. The van der Waals surface area contributed by atoms with Crippen molar-refractivity contribution >= 4 is 5.91 Å². The van der Waals surface area contributed by atoms with Gasteiger partial charge in [-0.3, -0.25) is 9.69 Å². The Balaban J connectivity index is 1.97. The van der Waals surface area contributed by atoms with Crippen LogP contribution in [0, 0.1) is 0 Å². The van der Waals surface area contributed by atoms with Crippen LogP contribution in [0.3, 0.4) is 0 Å². The molecule has 1 atom stereocenters. The number of nitrogens with one attached hydrogen (secondary N) is 1. The second-order valence-electron chi connectivity index (χ2n) is 7.35. The molecule has 3 rings (SSSR count). The molecule has 1 aromatic heterocycles. The highest BCUT2D eigenvalue weighted by Crippen LogP contribution is 2.32. The van der Waals surface area contributed by atoms with Crippen LogP contribution in [0.1, 0.15) is 56.7 Å². The lowest BCUT2D eigenvalue weighted by Gasteiger charge is -2.36. The lowest BCUT2D eigenvalue weighted by Crippen LogP contribution is -2.46.